The SMILES string of the molecule is O=C1c2ccccc2C(=O)N1CNc1ccc(/C=C/c2ccccc2)cc1. The van der Waals surface area contributed by atoms with Crippen molar-refractivity contribution in [2.45, 2.75) is 0 Å². The molecule has 3 aromatic rings. The molecule has 0 radical (unpaired) electrons. The highest BCUT2D eigenvalue weighted by molar-refractivity contribution is 6.21. The van der Waals surface area contributed by atoms with Gasteiger partial charge >= 0.3 is 0 Å². The van der Waals surface area contributed by atoms with E-state index >= 15 is 0 Å². The van der Waals surface area contributed by atoms with Gasteiger partial charge < -0.3 is 5.32 Å². The molecule has 0 spiro atoms. The van der Waals surface area contributed by atoms with Gasteiger partial charge in [-0.25, -0.2) is 0 Å². The van der Waals surface area contributed by atoms with Crippen LogP contribution < -0.4 is 5.32 Å². The summed E-state index contributed by atoms with van der Waals surface area (Å²) in [5.41, 5.74) is 4.00. The molecule has 27 heavy (non-hydrogen) atoms. The second kappa shape index (κ2) is 7.30. The predicted octanol–water partition coefficient (Wildman–Crippen LogP) is 4.52. The van der Waals surface area contributed by atoms with Crippen molar-refractivity contribution < 1.29 is 9.59 Å². The average molecular weight is 354 g/mol. The van der Waals surface area contributed by atoms with Crippen LogP contribution in [0.2, 0.25) is 0 Å². The zero-order chi connectivity index (χ0) is 18.6. The number of hydrogen-bond donors (Lipinski definition) is 1. The summed E-state index contributed by atoms with van der Waals surface area (Å²) in [5.74, 6) is -0.518. The van der Waals surface area contributed by atoms with Crippen LogP contribution in [0.4, 0.5) is 5.69 Å². The molecule has 4 rings (SSSR count). The Kier molecular flexibility index (Phi) is 4.54. The van der Waals surface area contributed by atoms with Gasteiger partial charge in [-0.3, -0.25) is 14.5 Å². The third-order valence-electron chi connectivity index (χ3n) is 4.50. The van der Waals surface area contributed by atoms with Crippen LogP contribution in [0.25, 0.3) is 12.2 Å². The summed E-state index contributed by atoms with van der Waals surface area (Å²) in [4.78, 5) is 25.9. The molecular weight excluding hydrogens is 336 g/mol. The van der Waals surface area contributed by atoms with Gasteiger partial charge in [-0.2, -0.15) is 0 Å². The van der Waals surface area contributed by atoms with Crippen LogP contribution in [0.1, 0.15) is 31.8 Å². The number of nitrogens with one attached hydrogen (secondary N) is 1. The van der Waals surface area contributed by atoms with Crippen molar-refractivity contribution in [2.75, 3.05) is 12.0 Å². The smallest absolute Gasteiger partial charge is 0.263 e. The lowest BCUT2D eigenvalue weighted by molar-refractivity contribution is 0.0666. The largest absolute Gasteiger partial charge is 0.367 e. The Bertz CT molecular complexity index is 973. The van der Waals surface area contributed by atoms with Crippen LogP contribution in [0.3, 0.4) is 0 Å². The lowest BCUT2D eigenvalue weighted by Gasteiger charge is -2.15. The standard InChI is InChI=1S/C23H18N2O2/c26-22-20-8-4-5-9-21(20)23(27)25(22)16-24-19-14-12-18(13-15-19)11-10-17-6-2-1-3-7-17/h1-15,24H,16H2/b11-10+. The van der Waals surface area contributed by atoms with Crippen molar-refractivity contribution in [2.24, 2.45) is 0 Å². The van der Waals surface area contributed by atoms with Gasteiger partial charge in [-0.05, 0) is 35.4 Å². The fourth-order valence-electron chi connectivity index (χ4n) is 3.02. The molecule has 2 amide bonds. The van der Waals surface area contributed by atoms with Gasteiger partial charge in [-0.15, -0.1) is 0 Å². The Balaban J connectivity index is 1.39. The lowest BCUT2D eigenvalue weighted by atomic mass is 10.1. The molecule has 1 heterocycles. The molecule has 0 bridgehead atoms. The first-order valence-electron chi connectivity index (χ1n) is 8.75. The highest BCUT2D eigenvalue weighted by atomic mass is 16.2. The first-order valence-corrected chi connectivity index (χ1v) is 8.75. The highest BCUT2D eigenvalue weighted by Crippen LogP contribution is 2.22. The van der Waals surface area contributed by atoms with E-state index in [0.29, 0.717) is 11.1 Å². The molecule has 0 aromatic heterocycles. The van der Waals surface area contributed by atoms with E-state index in [1.165, 1.54) is 4.90 Å². The topological polar surface area (TPSA) is 49.4 Å². The van der Waals surface area contributed by atoms with Crippen molar-refractivity contribution in [3.63, 3.8) is 0 Å². The minimum Gasteiger partial charge on any atom is -0.367 e. The maximum absolute atomic E-state index is 12.4. The Hall–Kier alpha value is -3.66. The molecule has 0 saturated carbocycles. The summed E-state index contributed by atoms with van der Waals surface area (Å²) >= 11 is 0. The first kappa shape index (κ1) is 16.8. The number of fused-ring (bicyclic) bond motifs is 1. The molecule has 4 heteroatoms. The third-order valence-corrected chi connectivity index (χ3v) is 4.50. The average Bonchev–Trinajstić information content (AvgIpc) is 2.97. The van der Waals surface area contributed by atoms with Crippen LogP contribution in [0, 0.1) is 0 Å². The van der Waals surface area contributed by atoms with Crippen molar-refractivity contribution in [1.82, 2.24) is 4.90 Å². The number of benzene rings is 3. The van der Waals surface area contributed by atoms with Gasteiger partial charge in [0.2, 0.25) is 0 Å². The quantitative estimate of drug-likeness (QED) is 0.541. The van der Waals surface area contributed by atoms with E-state index in [-0.39, 0.29) is 18.5 Å². The summed E-state index contributed by atoms with van der Waals surface area (Å²) < 4.78 is 0. The van der Waals surface area contributed by atoms with Gasteiger partial charge in [0.05, 0.1) is 17.8 Å². The molecule has 1 aliphatic rings. The number of imide groups is 1. The van der Waals surface area contributed by atoms with Crippen LogP contribution >= 0.6 is 0 Å². The molecule has 0 saturated heterocycles. The van der Waals surface area contributed by atoms with E-state index in [1.54, 1.807) is 24.3 Å². The van der Waals surface area contributed by atoms with Gasteiger partial charge in [-0.1, -0.05) is 66.7 Å². The van der Waals surface area contributed by atoms with E-state index in [0.717, 1.165) is 16.8 Å². The molecule has 0 atom stereocenters. The first-order chi connectivity index (χ1) is 13.2. The Labute approximate surface area is 157 Å². The zero-order valence-corrected chi connectivity index (χ0v) is 14.6. The summed E-state index contributed by atoms with van der Waals surface area (Å²) in [5, 5.41) is 3.14. The van der Waals surface area contributed by atoms with Crippen LogP contribution in [-0.2, 0) is 0 Å². The number of hydrogen-bond acceptors (Lipinski definition) is 3. The van der Waals surface area contributed by atoms with Gasteiger partial charge in [0.15, 0.2) is 0 Å². The minimum absolute atomic E-state index is 0.144. The lowest BCUT2D eigenvalue weighted by Crippen LogP contribution is -2.34. The van der Waals surface area contributed by atoms with Gasteiger partial charge in [0, 0.05) is 5.69 Å². The van der Waals surface area contributed by atoms with E-state index in [1.807, 2.05) is 48.5 Å². The van der Waals surface area contributed by atoms with Crippen molar-refractivity contribution in [1.29, 1.82) is 0 Å². The van der Waals surface area contributed by atoms with Gasteiger partial charge in [0.25, 0.3) is 11.8 Å². The summed E-state index contributed by atoms with van der Waals surface area (Å²) in [7, 11) is 0. The fourth-order valence-corrected chi connectivity index (χ4v) is 3.02. The molecule has 132 valence electrons. The van der Waals surface area contributed by atoms with Crippen LogP contribution in [0.15, 0.2) is 78.9 Å². The number of nitrogens with zero attached hydrogens (tertiary/aromatic N) is 1. The number of anilines is 1. The molecule has 4 nitrogen and oxygen atoms in total. The van der Waals surface area contributed by atoms with Crippen molar-refractivity contribution >= 4 is 29.7 Å². The Morgan fingerprint density at radius 2 is 1.19 bits per heavy atom. The van der Waals surface area contributed by atoms with E-state index in [9.17, 15) is 9.59 Å². The molecule has 0 unspecified atom stereocenters. The number of rotatable bonds is 5. The molecule has 0 fully saturated rings. The van der Waals surface area contributed by atoms with E-state index < -0.39 is 0 Å². The minimum atomic E-state index is -0.259. The molecule has 0 aliphatic carbocycles. The Morgan fingerprint density at radius 3 is 1.78 bits per heavy atom. The summed E-state index contributed by atoms with van der Waals surface area (Å²) in [6, 6.07) is 24.9. The molecular formula is C23H18N2O2. The molecule has 3 aromatic carbocycles. The van der Waals surface area contributed by atoms with Gasteiger partial charge in [0.1, 0.15) is 0 Å². The number of amides is 2. The van der Waals surface area contributed by atoms with Crippen LogP contribution in [0.5, 0.6) is 0 Å². The summed E-state index contributed by atoms with van der Waals surface area (Å²) in [6.07, 6.45) is 4.10. The molecule has 1 aliphatic heterocycles. The van der Waals surface area contributed by atoms with Crippen molar-refractivity contribution in [3.8, 4) is 0 Å². The number of carbonyl (C=O) groups is 2. The normalized spacial score (nSPS) is 13.3. The maximum atomic E-state index is 12.4. The predicted molar refractivity (Wildman–Crippen MR) is 107 cm³/mol. The maximum Gasteiger partial charge on any atom is 0.263 e. The zero-order valence-electron chi connectivity index (χ0n) is 14.6. The van der Waals surface area contributed by atoms with Crippen LogP contribution in [-0.4, -0.2) is 23.4 Å². The Morgan fingerprint density at radius 1 is 0.667 bits per heavy atom. The molecule has 1 N–H and O–H groups in total. The second-order valence-corrected chi connectivity index (χ2v) is 6.28. The fraction of sp³-hybridized carbons (Fsp3) is 0.0435. The third kappa shape index (κ3) is 3.51. The second-order valence-electron chi connectivity index (χ2n) is 6.28. The summed E-state index contributed by atoms with van der Waals surface area (Å²) in [6.45, 7) is 0.144. The van der Waals surface area contributed by atoms with E-state index in [4.69, 9.17) is 0 Å². The van der Waals surface area contributed by atoms with Crippen molar-refractivity contribution in [3.05, 3.63) is 101 Å². The monoisotopic (exact) mass is 354 g/mol. The van der Waals surface area contributed by atoms with E-state index in [2.05, 4.69) is 23.5 Å². The highest BCUT2D eigenvalue weighted by Gasteiger charge is 2.34. The number of carbonyl (C=O) groups excluding carboxylic acids is 2.